The number of rotatable bonds is 5. The molecule has 0 saturated carbocycles. The molecule has 2 N–H and O–H groups in total. The highest BCUT2D eigenvalue weighted by Gasteiger charge is 2.10. The zero-order valence-corrected chi connectivity index (χ0v) is 8.92. The highest BCUT2D eigenvalue weighted by atomic mass is 16.3. The molecule has 1 aromatic heterocycles. The Kier molecular flexibility index (Phi) is 4.23. The minimum absolute atomic E-state index is 0.130. The lowest BCUT2D eigenvalue weighted by Crippen LogP contribution is -2.36. The van der Waals surface area contributed by atoms with Crippen LogP contribution in [0.2, 0.25) is 0 Å². The summed E-state index contributed by atoms with van der Waals surface area (Å²) in [4.78, 5) is 15.0. The molecular formula is C9H16N4O2. The van der Waals surface area contributed by atoms with E-state index >= 15 is 0 Å². The zero-order chi connectivity index (χ0) is 11.3. The third kappa shape index (κ3) is 4.07. The quantitative estimate of drug-likeness (QED) is 0.683. The van der Waals surface area contributed by atoms with Gasteiger partial charge in [-0.1, -0.05) is 13.8 Å². The third-order valence-corrected chi connectivity index (χ3v) is 2.05. The summed E-state index contributed by atoms with van der Waals surface area (Å²) in [5.74, 6) is -0.0446. The smallest absolute Gasteiger partial charge is 0.241 e. The SMILES string of the molecule is CC(C)C(O)CNC(=O)Cn1cncn1. The number of aliphatic hydroxyl groups excluding tert-OH is 1. The van der Waals surface area contributed by atoms with E-state index in [4.69, 9.17) is 0 Å². The lowest BCUT2D eigenvalue weighted by atomic mass is 10.1. The average molecular weight is 212 g/mol. The molecule has 84 valence electrons. The molecule has 0 radical (unpaired) electrons. The van der Waals surface area contributed by atoms with Crippen LogP contribution in [0.25, 0.3) is 0 Å². The Morgan fingerprint density at radius 3 is 2.87 bits per heavy atom. The van der Waals surface area contributed by atoms with E-state index in [-0.39, 0.29) is 24.9 Å². The molecule has 0 aliphatic heterocycles. The highest BCUT2D eigenvalue weighted by molar-refractivity contribution is 5.75. The Morgan fingerprint density at radius 1 is 1.60 bits per heavy atom. The maximum Gasteiger partial charge on any atom is 0.241 e. The first-order valence-corrected chi connectivity index (χ1v) is 4.86. The van der Waals surface area contributed by atoms with Crippen molar-refractivity contribution in [3.05, 3.63) is 12.7 Å². The second-order valence-corrected chi connectivity index (χ2v) is 3.71. The van der Waals surface area contributed by atoms with E-state index in [0.717, 1.165) is 0 Å². The van der Waals surface area contributed by atoms with E-state index < -0.39 is 6.10 Å². The minimum Gasteiger partial charge on any atom is -0.391 e. The predicted octanol–water partition coefficient (Wildman–Crippen LogP) is -0.589. The Bertz CT molecular complexity index is 297. The van der Waals surface area contributed by atoms with Crippen LogP contribution >= 0.6 is 0 Å². The topological polar surface area (TPSA) is 80.0 Å². The lowest BCUT2D eigenvalue weighted by Gasteiger charge is -2.14. The summed E-state index contributed by atoms with van der Waals surface area (Å²) in [6.07, 6.45) is 2.33. The van der Waals surface area contributed by atoms with E-state index in [2.05, 4.69) is 15.4 Å². The van der Waals surface area contributed by atoms with Crippen molar-refractivity contribution in [3.8, 4) is 0 Å². The molecule has 0 spiro atoms. The van der Waals surface area contributed by atoms with Crippen LogP contribution in [0.15, 0.2) is 12.7 Å². The zero-order valence-electron chi connectivity index (χ0n) is 8.92. The van der Waals surface area contributed by atoms with Crippen molar-refractivity contribution < 1.29 is 9.90 Å². The molecule has 0 aliphatic carbocycles. The van der Waals surface area contributed by atoms with Gasteiger partial charge >= 0.3 is 0 Å². The summed E-state index contributed by atoms with van der Waals surface area (Å²) >= 11 is 0. The van der Waals surface area contributed by atoms with Crippen LogP contribution < -0.4 is 5.32 Å². The van der Waals surface area contributed by atoms with Crippen LogP contribution in [-0.2, 0) is 11.3 Å². The van der Waals surface area contributed by atoms with Crippen molar-refractivity contribution >= 4 is 5.91 Å². The van der Waals surface area contributed by atoms with Crippen molar-refractivity contribution in [1.29, 1.82) is 0 Å². The summed E-state index contributed by atoms with van der Waals surface area (Å²) in [6.45, 7) is 4.19. The normalized spacial score (nSPS) is 12.8. The van der Waals surface area contributed by atoms with Gasteiger partial charge in [0.05, 0.1) is 6.10 Å². The lowest BCUT2D eigenvalue weighted by molar-refractivity contribution is -0.122. The van der Waals surface area contributed by atoms with Crippen molar-refractivity contribution in [3.63, 3.8) is 0 Å². The average Bonchev–Trinajstić information content (AvgIpc) is 2.66. The number of carbonyl (C=O) groups is 1. The van der Waals surface area contributed by atoms with Gasteiger partial charge in [-0.15, -0.1) is 0 Å². The van der Waals surface area contributed by atoms with Crippen LogP contribution in [-0.4, -0.2) is 38.4 Å². The molecule has 6 nitrogen and oxygen atoms in total. The maximum atomic E-state index is 11.3. The molecule has 0 saturated heterocycles. The first-order chi connectivity index (χ1) is 7.09. The molecule has 6 heteroatoms. The molecule has 0 bridgehead atoms. The second kappa shape index (κ2) is 5.45. The largest absolute Gasteiger partial charge is 0.391 e. The van der Waals surface area contributed by atoms with Crippen molar-refractivity contribution in [2.45, 2.75) is 26.5 Å². The summed E-state index contributed by atoms with van der Waals surface area (Å²) < 4.78 is 1.43. The number of carbonyl (C=O) groups excluding carboxylic acids is 1. The highest BCUT2D eigenvalue weighted by Crippen LogP contribution is 1.98. The molecule has 0 aromatic carbocycles. The number of nitrogens with zero attached hydrogens (tertiary/aromatic N) is 3. The first-order valence-electron chi connectivity index (χ1n) is 4.86. The van der Waals surface area contributed by atoms with Gasteiger partial charge in [0.15, 0.2) is 0 Å². The molecule has 1 heterocycles. The number of hydrogen-bond donors (Lipinski definition) is 2. The molecule has 1 aromatic rings. The van der Waals surface area contributed by atoms with Crippen molar-refractivity contribution in [2.24, 2.45) is 5.92 Å². The number of aromatic nitrogens is 3. The summed E-state index contributed by atoms with van der Waals surface area (Å²) in [5, 5.41) is 15.9. The van der Waals surface area contributed by atoms with E-state index in [1.54, 1.807) is 0 Å². The fourth-order valence-electron chi connectivity index (χ4n) is 0.972. The van der Waals surface area contributed by atoms with Gasteiger partial charge in [0, 0.05) is 6.54 Å². The number of hydrogen-bond acceptors (Lipinski definition) is 4. The van der Waals surface area contributed by atoms with E-state index in [1.807, 2.05) is 13.8 Å². The van der Waals surface area contributed by atoms with Gasteiger partial charge in [0.1, 0.15) is 19.2 Å². The number of aliphatic hydroxyl groups is 1. The third-order valence-electron chi connectivity index (χ3n) is 2.05. The fourth-order valence-corrected chi connectivity index (χ4v) is 0.972. The van der Waals surface area contributed by atoms with Crippen LogP contribution in [0.1, 0.15) is 13.8 Å². The van der Waals surface area contributed by atoms with Gasteiger partial charge in [0.25, 0.3) is 0 Å². The molecule has 0 aliphatic rings. The van der Waals surface area contributed by atoms with E-state index in [0.29, 0.717) is 0 Å². The van der Waals surface area contributed by atoms with E-state index in [9.17, 15) is 9.90 Å². The van der Waals surface area contributed by atoms with Crippen LogP contribution in [0, 0.1) is 5.92 Å². The van der Waals surface area contributed by atoms with Crippen LogP contribution in [0.3, 0.4) is 0 Å². The second-order valence-electron chi connectivity index (χ2n) is 3.71. The standard InChI is InChI=1S/C9H16N4O2/c1-7(2)8(14)3-11-9(15)4-13-6-10-5-12-13/h5-8,14H,3-4H2,1-2H3,(H,11,15). The Balaban J connectivity index is 2.25. The first kappa shape index (κ1) is 11.6. The summed E-state index contributed by atoms with van der Waals surface area (Å²) in [5.41, 5.74) is 0. The molecule has 1 rings (SSSR count). The molecule has 1 unspecified atom stereocenters. The molecular weight excluding hydrogens is 196 g/mol. The molecule has 0 fully saturated rings. The van der Waals surface area contributed by atoms with Crippen molar-refractivity contribution in [2.75, 3.05) is 6.54 Å². The monoisotopic (exact) mass is 212 g/mol. The number of nitrogens with one attached hydrogen (secondary N) is 1. The van der Waals surface area contributed by atoms with Crippen LogP contribution in [0.4, 0.5) is 0 Å². The van der Waals surface area contributed by atoms with Gasteiger partial charge < -0.3 is 10.4 Å². The van der Waals surface area contributed by atoms with Gasteiger partial charge in [-0.25, -0.2) is 9.67 Å². The molecule has 1 atom stereocenters. The van der Waals surface area contributed by atoms with Crippen LogP contribution in [0.5, 0.6) is 0 Å². The van der Waals surface area contributed by atoms with Gasteiger partial charge in [-0.05, 0) is 5.92 Å². The molecule has 1 amide bonds. The van der Waals surface area contributed by atoms with E-state index in [1.165, 1.54) is 17.3 Å². The molecule has 15 heavy (non-hydrogen) atoms. The Morgan fingerprint density at radius 2 is 2.33 bits per heavy atom. The predicted molar refractivity (Wildman–Crippen MR) is 53.9 cm³/mol. The minimum atomic E-state index is -0.510. The Hall–Kier alpha value is -1.43. The summed E-state index contributed by atoms with van der Waals surface area (Å²) in [6, 6.07) is 0. The van der Waals surface area contributed by atoms with Gasteiger partial charge in [0.2, 0.25) is 5.91 Å². The fraction of sp³-hybridized carbons (Fsp3) is 0.667. The Labute approximate surface area is 88.3 Å². The van der Waals surface area contributed by atoms with Crippen molar-refractivity contribution in [1.82, 2.24) is 20.1 Å². The van der Waals surface area contributed by atoms with Gasteiger partial charge in [-0.2, -0.15) is 5.10 Å². The van der Waals surface area contributed by atoms with Gasteiger partial charge in [-0.3, -0.25) is 4.79 Å². The summed E-state index contributed by atoms with van der Waals surface area (Å²) in [7, 11) is 0. The maximum absolute atomic E-state index is 11.3. The number of amides is 1.